The van der Waals surface area contributed by atoms with Crippen LogP contribution in [0, 0.1) is 0 Å². The summed E-state index contributed by atoms with van der Waals surface area (Å²) in [5, 5.41) is 0. The molecule has 0 bridgehead atoms. The van der Waals surface area contributed by atoms with Crippen LogP contribution in [0.3, 0.4) is 0 Å². The maximum atomic E-state index is 4.96. The number of rotatable bonds is 4. The Morgan fingerprint density at radius 3 is 3.09 bits per heavy atom. The Labute approximate surface area is 66.5 Å². The van der Waals surface area contributed by atoms with Gasteiger partial charge in [0.05, 0.1) is 12.9 Å². The molecule has 0 amide bonds. The smallest absolute Gasteiger partial charge is 0.0928 e. The first kappa shape index (κ1) is 7.79. The fourth-order valence-corrected chi connectivity index (χ4v) is 0.793. The average Bonchev–Trinajstić information content (AvgIpc) is 2.07. The molecule has 0 aliphatic heterocycles. The Kier molecular flexibility index (Phi) is 3.19. The van der Waals surface area contributed by atoms with Gasteiger partial charge >= 0.3 is 0 Å². The molecule has 0 fully saturated rings. The number of hydrogen-bond donors (Lipinski definition) is 0. The van der Waals surface area contributed by atoms with E-state index in [1.807, 2.05) is 18.2 Å². The highest BCUT2D eigenvalue weighted by molar-refractivity contribution is 5.03. The average molecular weight is 149 g/mol. The number of aromatic nitrogens is 1. The van der Waals surface area contributed by atoms with E-state index in [9.17, 15) is 0 Å². The van der Waals surface area contributed by atoms with Crippen molar-refractivity contribution in [2.45, 2.75) is 6.42 Å². The van der Waals surface area contributed by atoms with E-state index in [0.717, 1.165) is 12.1 Å². The van der Waals surface area contributed by atoms with E-state index in [1.54, 1.807) is 6.20 Å². The molecule has 0 saturated carbocycles. The van der Waals surface area contributed by atoms with Crippen LogP contribution in [0.5, 0.6) is 0 Å². The van der Waals surface area contributed by atoms with Crippen molar-refractivity contribution in [3.63, 3.8) is 0 Å². The van der Waals surface area contributed by atoms with Gasteiger partial charge in [-0.15, -0.1) is 0 Å². The van der Waals surface area contributed by atoms with E-state index in [-0.39, 0.29) is 0 Å². The highest BCUT2D eigenvalue weighted by Crippen LogP contribution is 1.94. The van der Waals surface area contributed by atoms with E-state index < -0.39 is 0 Å². The van der Waals surface area contributed by atoms with Gasteiger partial charge in [-0.1, -0.05) is 12.6 Å². The molecule has 11 heavy (non-hydrogen) atoms. The van der Waals surface area contributed by atoms with Crippen molar-refractivity contribution in [2.24, 2.45) is 0 Å². The van der Waals surface area contributed by atoms with E-state index in [4.69, 9.17) is 4.74 Å². The standard InChI is InChI=1S/C9H11NO/c1-2-11-8-6-9-5-3-4-7-10-9/h2-5,7H,1,6,8H2. The van der Waals surface area contributed by atoms with E-state index in [0.29, 0.717) is 6.61 Å². The number of hydrogen-bond acceptors (Lipinski definition) is 2. The summed E-state index contributed by atoms with van der Waals surface area (Å²) in [6, 6.07) is 5.85. The Morgan fingerprint density at radius 1 is 1.55 bits per heavy atom. The summed E-state index contributed by atoms with van der Waals surface area (Å²) in [6.07, 6.45) is 4.07. The zero-order chi connectivity index (χ0) is 7.94. The molecule has 0 aliphatic carbocycles. The number of ether oxygens (including phenoxy) is 1. The lowest BCUT2D eigenvalue weighted by atomic mass is 10.3. The Balaban J connectivity index is 2.33. The van der Waals surface area contributed by atoms with Crippen molar-refractivity contribution in [3.8, 4) is 0 Å². The van der Waals surface area contributed by atoms with Crippen LogP contribution in [0.25, 0.3) is 0 Å². The van der Waals surface area contributed by atoms with E-state index in [1.165, 1.54) is 6.26 Å². The molecule has 0 aromatic carbocycles. The Hall–Kier alpha value is -1.31. The van der Waals surface area contributed by atoms with Gasteiger partial charge in [0.1, 0.15) is 0 Å². The third-order valence-electron chi connectivity index (χ3n) is 1.32. The Bertz CT molecular complexity index is 208. The van der Waals surface area contributed by atoms with Gasteiger partial charge in [-0.25, -0.2) is 0 Å². The van der Waals surface area contributed by atoms with Crippen molar-refractivity contribution in [3.05, 3.63) is 42.9 Å². The minimum absolute atomic E-state index is 0.653. The molecule has 1 aromatic heterocycles. The molecule has 0 unspecified atom stereocenters. The third-order valence-corrected chi connectivity index (χ3v) is 1.32. The van der Waals surface area contributed by atoms with E-state index in [2.05, 4.69) is 11.6 Å². The molecule has 0 atom stereocenters. The summed E-state index contributed by atoms with van der Waals surface area (Å²) in [7, 11) is 0. The van der Waals surface area contributed by atoms with Gasteiger partial charge in [-0.05, 0) is 12.1 Å². The largest absolute Gasteiger partial charge is 0.501 e. The van der Waals surface area contributed by atoms with E-state index >= 15 is 0 Å². The summed E-state index contributed by atoms with van der Waals surface area (Å²) >= 11 is 0. The first-order valence-corrected chi connectivity index (χ1v) is 3.56. The summed E-state index contributed by atoms with van der Waals surface area (Å²) in [5.74, 6) is 0. The second-order valence-electron chi connectivity index (χ2n) is 2.11. The van der Waals surface area contributed by atoms with Gasteiger partial charge in [0.25, 0.3) is 0 Å². The normalized spacial score (nSPS) is 9.09. The third kappa shape index (κ3) is 2.85. The molecule has 0 spiro atoms. The summed E-state index contributed by atoms with van der Waals surface area (Å²) in [4.78, 5) is 4.14. The lowest BCUT2D eigenvalue weighted by Gasteiger charge is -1.98. The predicted molar refractivity (Wildman–Crippen MR) is 44.1 cm³/mol. The quantitative estimate of drug-likeness (QED) is 0.481. The summed E-state index contributed by atoms with van der Waals surface area (Å²) < 4.78 is 4.96. The summed E-state index contributed by atoms with van der Waals surface area (Å²) in [6.45, 7) is 4.10. The fraction of sp³-hybridized carbons (Fsp3) is 0.222. The summed E-state index contributed by atoms with van der Waals surface area (Å²) in [5.41, 5.74) is 1.05. The highest BCUT2D eigenvalue weighted by atomic mass is 16.5. The SMILES string of the molecule is C=COCCc1ccccn1. The lowest BCUT2D eigenvalue weighted by molar-refractivity contribution is 0.254. The van der Waals surface area contributed by atoms with Gasteiger partial charge in [0, 0.05) is 18.3 Å². The van der Waals surface area contributed by atoms with Crippen molar-refractivity contribution in [1.82, 2.24) is 4.98 Å². The van der Waals surface area contributed by atoms with Gasteiger partial charge in [0.2, 0.25) is 0 Å². The van der Waals surface area contributed by atoms with Crippen molar-refractivity contribution < 1.29 is 4.74 Å². The highest BCUT2D eigenvalue weighted by Gasteiger charge is 1.90. The monoisotopic (exact) mass is 149 g/mol. The molecule has 0 radical (unpaired) electrons. The molecule has 1 rings (SSSR count). The number of pyridine rings is 1. The Morgan fingerprint density at radius 2 is 2.45 bits per heavy atom. The van der Waals surface area contributed by atoms with Crippen molar-refractivity contribution in [2.75, 3.05) is 6.61 Å². The predicted octanol–water partition coefficient (Wildman–Crippen LogP) is 1.78. The maximum absolute atomic E-state index is 4.96. The van der Waals surface area contributed by atoms with Crippen LogP contribution in [0.1, 0.15) is 5.69 Å². The minimum atomic E-state index is 0.653. The van der Waals surface area contributed by atoms with Gasteiger partial charge in [-0.2, -0.15) is 0 Å². The minimum Gasteiger partial charge on any atom is -0.501 e. The fourth-order valence-electron chi connectivity index (χ4n) is 0.793. The van der Waals surface area contributed by atoms with Crippen LogP contribution in [-0.2, 0) is 11.2 Å². The van der Waals surface area contributed by atoms with Crippen LogP contribution in [-0.4, -0.2) is 11.6 Å². The van der Waals surface area contributed by atoms with Crippen molar-refractivity contribution >= 4 is 0 Å². The van der Waals surface area contributed by atoms with Crippen LogP contribution in [0.2, 0.25) is 0 Å². The van der Waals surface area contributed by atoms with Crippen LogP contribution >= 0.6 is 0 Å². The zero-order valence-electron chi connectivity index (χ0n) is 6.36. The van der Waals surface area contributed by atoms with Crippen LogP contribution in [0.4, 0.5) is 0 Å². The molecule has 0 saturated heterocycles. The molecular weight excluding hydrogens is 138 g/mol. The van der Waals surface area contributed by atoms with Gasteiger partial charge in [-0.3, -0.25) is 4.98 Å². The van der Waals surface area contributed by atoms with Crippen LogP contribution < -0.4 is 0 Å². The second-order valence-corrected chi connectivity index (χ2v) is 2.11. The molecule has 58 valence electrons. The molecule has 1 heterocycles. The molecular formula is C9H11NO. The van der Waals surface area contributed by atoms with Gasteiger partial charge < -0.3 is 4.74 Å². The zero-order valence-corrected chi connectivity index (χ0v) is 6.36. The van der Waals surface area contributed by atoms with Crippen molar-refractivity contribution in [1.29, 1.82) is 0 Å². The number of nitrogens with zero attached hydrogens (tertiary/aromatic N) is 1. The maximum Gasteiger partial charge on any atom is 0.0928 e. The molecule has 1 aromatic rings. The van der Waals surface area contributed by atoms with Crippen LogP contribution in [0.15, 0.2) is 37.2 Å². The topological polar surface area (TPSA) is 22.1 Å². The lowest BCUT2D eigenvalue weighted by Crippen LogP contribution is -1.95. The molecule has 2 nitrogen and oxygen atoms in total. The second kappa shape index (κ2) is 4.50. The molecule has 0 aliphatic rings. The first-order chi connectivity index (χ1) is 5.43. The first-order valence-electron chi connectivity index (χ1n) is 3.56. The molecule has 2 heteroatoms. The van der Waals surface area contributed by atoms with Gasteiger partial charge in [0.15, 0.2) is 0 Å². The molecule has 0 N–H and O–H groups in total.